The van der Waals surface area contributed by atoms with Crippen LogP contribution in [0.3, 0.4) is 0 Å². The number of carbonyl (C=O) groups excluding carboxylic acids is 5. The van der Waals surface area contributed by atoms with E-state index in [2.05, 4.69) is 31.2 Å². The molecule has 0 unspecified atom stereocenters. The first kappa shape index (κ1) is 30.3. The molecular formula is C30H34N8O6. The van der Waals surface area contributed by atoms with Crippen molar-refractivity contribution in [1.29, 1.82) is 0 Å². The van der Waals surface area contributed by atoms with Gasteiger partial charge >= 0.3 is 0 Å². The van der Waals surface area contributed by atoms with Gasteiger partial charge in [-0.2, -0.15) is 0 Å². The third-order valence-electron chi connectivity index (χ3n) is 7.73. The number of carbonyl (C=O) groups is 5. The molecule has 1 saturated heterocycles. The van der Waals surface area contributed by atoms with Crippen molar-refractivity contribution in [2.45, 2.75) is 49.9 Å². The van der Waals surface area contributed by atoms with Gasteiger partial charge in [-0.3, -0.25) is 29.4 Å². The van der Waals surface area contributed by atoms with Crippen molar-refractivity contribution in [2.24, 2.45) is 5.84 Å². The second kappa shape index (κ2) is 13.4. The van der Waals surface area contributed by atoms with E-state index in [1.54, 1.807) is 12.4 Å². The Morgan fingerprint density at radius 1 is 0.795 bits per heavy atom. The van der Waals surface area contributed by atoms with Crippen LogP contribution in [0.25, 0.3) is 21.8 Å². The topological polar surface area (TPSA) is 223 Å². The molecule has 2 aromatic heterocycles. The molecule has 3 heterocycles. The number of para-hydroxylation sites is 2. The lowest BCUT2D eigenvalue weighted by Crippen LogP contribution is -2.59. The average Bonchev–Trinajstić information content (AvgIpc) is 3.77. The van der Waals surface area contributed by atoms with Crippen LogP contribution in [0.15, 0.2) is 60.9 Å². The van der Waals surface area contributed by atoms with Gasteiger partial charge in [0.1, 0.15) is 24.2 Å². The molecule has 0 radical (unpaired) electrons. The lowest BCUT2D eigenvalue weighted by Gasteiger charge is -2.25. The number of hydrogen-bond donors (Lipinski definition) is 9. The number of fused-ring (bicyclic) bond motifs is 2. The highest BCUT2D eigenvalue weighted by Crippen LogP contribution is 2.21. The number of nitrogens with one attached hydrogen (secondary N) is 7. The Morgan fingerprint density at radius 2 is 1.32 bits per heavy atom. The highest BCUT2D eigenvalue weighted by atomic mass is 16.3. The number of aliphatic hydroxyl groups excluding tert-OH is 1. The molecule has 230 valence electrons. The zero-order chi connectivity index (χ0) is 31.2. The number of aliphatic hydroxyl groups is 1. The Hall–Kier alpha value is -5.21. The SMILES string of the molecule is NNC(=O)[C@H](CO)NC(=O)[C@H](Cc1c[nH]c2ccccc12)NC(=O)[C@@H](Cc1c[nH]c2ccccc12)NC(=O)[C@@H]1CCC(=O)N1. The number of aromatic amines is 2. The lowest BCUT2D eigenvalue weighted by molar-refractivity contribution is -0.134. The number of benzene rings is 2. The number of amides is 5. The summed E-state index contributed by atoms with van der Waals surface area (Å²) in [4.78, 5) is 70.7. The van der Waals surface area contributed by atoms with E-state index in [-0.39, 0.29) is 25.2 Å². The van der Waals surface area contributed by atoms with E-state index < -0.39 is 54.4 Å². The minimum Gasteiger partial charge on any atom is -0.394 e. The summed E-state index contributed by atoms with van der Waals surface area (Å²) in [6, 6.07) is 10.5. The van der Waals surface area contributed by atoms with Gasteiger partial charge in [0.25, 0.3) is 5.91 Å². The van der Waals surface area contributed by atoms with E-state index in [4.69, 9.17) is 5.84 Å². The molecule has 1 fully saturated rings. The molecule has 0 bridgehead atoms. The third-order valence-corrected chi connectivity index (χ3v) is 7.73. The first-order valence-electron chi connectivity index (χ1n) is 14.2. The van der Waals surface area contributed by atoms with Crippen molar-refractivity contribution >= 4 is 51.3 Å². The smallest absolute Gasteiger partial charge is 0.258 e. The van der Waals surface area contributed by atoms with Crippen molar-refractivity contribution in [3.05, 3.63) is 72.1 Å². The van der Waals surface area contributed by atoms with E-state index in [9.17, 15) is 29.1 Å². The molecule has 1 aliphatic heterocycles. The minimum atomic E-state index is -1.36. The molecule has 14 heteroatoms. The monoisotopic (exact) mass is 602 g/mol. The summed E-state index contributed by atoms with van der Waals surface area (Å²) < 4.78 is 0. The number of hydrazine groups is 1. The molecule has 1 aliphatic rings. The second-order valence-electron chi connectivity index (χ2n) is 10.7. The molecular weight excluding hydrogens is 568 g/mol. The van der Waals surface area contributed by atoms with Crippen LogP contribution < -0.4 is 32.5 Å². The maximum Gasteiger partial charge on any atom is 0.258 e. The summed E-state index contributed by atoms with van der Waals surface area (Å²) in [5.74, 6) is 2.21. The fourth-order valence-corrected chi connectivity index (χ4v) is 5.38. The zero-order valence-corrected chi connectivity index (χ0v) is 23.7. The van der Waals surface area contributed by atoms with Crippen LogP contribution in [0, 0.1) is 0 Å². The number of H-pyrrole nitrogens is 2. The normalized spacial score (nSPS) is 16.6. The fourth-order valence-electron chi connectivity index (χ4n) is 5.38. The molecule has 0 spiro atoms. The summed E-state index contributed by atoms with van der Waals surface area (Å²) in [5.41, 5.74) is 5.04. The highest BCUT2D eigenvalue weighted by molar-refractivity contribution is 5.97. The van der Waals surface area contributed by atoms with Crippen molar-refractivity contribution in [3.8, 4) is 0 Å². The van der Waals surface area contributed by atoms with Crippen LogP contribution in [0.1, 0.15) is 24.0 Å². The quantitative estimate of drug-likeness (QED) is 0.0567. The molecule has 5 rings (SSSR count). The summed E-state index contributed by atoms with van der Waals surface area (Å²) in [7, 11) is 0. The van der Waals surface area contributed by atoms with E-state index in [0.717, 1.165) is 32.9 Å². The van der Waals surface area contributed by atoms with Gasteiger partial charge in [0.2, 0.25) is 23.6 Å². The summed E-state index contributed by atoms with van der Waals surface area (Å²) in [6.45, 7) is -0.727. The van der Waals surface area contributed by atoms with Gasteiger partial charge in [-0.05, 0) is 29.7 Å². The predicted octanol–water partition coefficient (Wildman–Crippen LogP) is -0.850. The van der Waals surface area contributed by atoms with Crippen molar-refractivity contribution in [3.63, 3.8) is 0 Å². The van der Waals surface area contributed by atoms with Gasteiger partial charge < -0.3 is 36.3 Å². The molecule has 44 heavy (non-hydrogen) atoms. The van der Waals surface area contributed by atoms with Crippen LogP contribution in [-0.2, 0) is 36.8 Å². The largest absolute Gasteiger partial charge is 0.394 e. The highest BCUT2D eigenvalue weighted by Gasteiger charge is 2.33. The molecule has 10 N–H and O–H groups in total. The van der Waals surface area contributed by atoms with Crippen LogP contribution in [-0.4, -0.2) is 75.4 Å². The molecule has 0 aliphatic carbocycles. The molecule has 4 aromatic rings. The first-order chi connectivity index (χ1) is 21.3. The molecule has 5 amide bonds. The zero-order valence-electron chi connectivity index (χ0n) is 23.7. The number of hydrogen-bond acceptors (Lipinski definition) is 7. The summed E-state index contributed by atoms with van der Waals surface area (Å²) in [5, 5.41) is 21.9. The number of aromatic nitrogens is 2. The minimum absolute atomic E-state index is 0.0242. The van der Waals surface area contributed by atoms with E-state index in [0.29, 0.717) is 6.42 Å². The Bertz CT molecular complexity index is 1700. The maximum absolute atomic E-state index is 13.9. The van der Waals surface area contributed by atoms with Crippen LogP contribution >= 0.6 is 0 Å². The number of nitrogens with two attached hydrogens (primary N) is 1. The summed E-state index contributed by atoms with van der Waals surface area (Å²) in [6.07, 6.45) is 4.08. The van der Waals surface area contributed by atoms with E-state index in [1.807, 2.05) is 54.0 Å². The van der Waals surface area contributed by atoms with Gasteiger partial charge in [0.15, 0.2) is 0 Å². The third kappa shape index (κ3) is 6.71. The Kier molecular flexibility index (Phi) is 9.21. The second-order valence-corrected chi connectivity index (χ2v) is 10.7. The van der Waals surface area contributed by atoms with Crippen LogP contribution in [0.4, 0.5) is 0 Å². The Morgan fingerprint density at radius 3 is 1.82 bits per heavy atom. The van der Waals surface area contributed by atoms with Crippen molar-refractivity contribution < 1.29 is 29.1 Å². The average molecular weight is 603 g/mol. The Balaban J connectivity index is 1.42. The van der Waals surface area contributed by atoms with Gasteiger partial charge in [0, 0.05) is 53.5 Å². The lowest BCUT2D eigenvalue weighted by atomic mass is 10.0. The fraction of sp³-hybridized carbons (Fsp3) is 0.300. The molecule has 4 atom stereocenters. The van der Waals surface area contributed by atoms with Gasteiger partial charge in [-0.15, -0.1) is 0 Å². The van der Waals surface area contributed by atoms with Crippen LogP contribution in [0.2, 0.25) is 0 Å². The Labute approximate surface area is 251 Å². The van der Waals surface area contributed by atoms with Gasteiger partial charge in [-0.25, -0.2) is 5.84 Å². The summed E-state index contributed by atoms with van der Waals surface area (Å²) >= 11 is 0. The molecule has 14 nitrogen and oxygen atoms in total. The first-order valence-corrected chi connectivity index (χ1v) is 14.2. The van der Waals surface area contributed by atoms with Gasteiger partial charge in [0.05, 0.1) is 6.61 Å². The molecule has 0 saturated carbocycles. The van der Waals surface area contributed by atoms with Gasteiger partial charge in [-0.1, -0.05) is 36.4 Å². The van der Waals surface area contributed by atoms with E-state index >= 15 is 0 Å². The van der Waals surface area contributed by atoms with Crippen LogP contribution in [0.5, 0.6) is 0 Å². The molecule has 2 aromatic carbocycles. The van der Waals surface area contributed by atoms with Crippen molar-refractivity contribution in [1.82, 2.24) is 36.7 Å². The number of rotatable bonds is 12. The predicted molar refractivity (Wildman–Crippen MR) is 160 cm³/mol. The standard InChI is InChI=1S/C30H34N8O6/c31-38-30(44)25(15-39)37-29(43)24(12-17-14-33-21-8-4-2-6-19(17)21)36-28(42)23(35-27(41)22-9-10-26(40)34-22)11-16-13-32-20-7-3-1-5-18(16)20/h1-8,13-14,22-25,32-33,39H,9-12,15,31H2,(H,34,40)(H,35,41)(H,36,42)(H,37,43)(H,38,44)/t22-,23+,24-,25-/m0/s1. The van der Waals surface area contributed by atoms with E-state index in [1.165, 1.54) is 0 Å². The maximum atomic E-state index is 13.9. The van der Waals surface area contributed by atoms with Crippen molar-refractivity contribution in [2.75, 3.05) is 6.61 Å².